The molecule has 7 nitrogen and oxygen atoms in total. The summed E-state index contributed by atoms with van der Waals surface area (Å²) in [5, 5.41) is 9.05. The van der Waals surface area contributed by atoms with Gasteiger partial charge < -0.3 is 9.64 Å². The van der Waals surface area contributed by atoms with Crippen molar-refractivity contribution in [1.29, 1.82) is 0 Å². The van der Waals surface area contributed by atoms with Gasteiger partial charge in [0.15, 0.2) is 5.82 Å². The van der Waals surface area contributed by atoms with Gasteiger partial charge in [-0.25, -0.2) is 0 Å². The smallest absolute Gasteiger partial charge is 0.227 e. The number of aryl methyl sites for hydroxylation is 1. The molecule has 8 heteroatoms. The highest BCUT2D eigenvalue weighted by atomic mass is 32.1. The molecular formula is C19H22N6OS. The lowest BCUT2D eigenvalue weighted by molar-refractivity contribution is 0.182. The van der Waals surface area contributed by atoms with E-state index in [1.54, 1.807) is 6.20 Å². The maximum atomic E-state index is 5.59. The minimum absolute atomic E-state index is 0.324. The molecule has 0 amide bonds. The number of aromatic nitrogens is 5. The van der Waals surface area contributed by atoms with E-state index in [0.717, 1.165) is 56.5 Å². The summed E-state index contributed by atoms with van der Waals surface area (Å²) in [4.78, 5) is 2.28. The van der Waals surface area contributed by atoms with Gasteiger partial charge in [0.2, 0.25) is 5.95 Å². The first-order valence-electron chi connectivity index (χ1n) is 9.41. The van der Waals surface area contributed by atoms with Gasteiger partial charge in [-0.15, -0.1) is 10.2 Å². The summed E-state index contributed by atoms with van der Waals surface area (Å²) < 4.78 is 16.3. The van der Waals surface area contributed by atoms with Crippen molar-refractivity contribution in [2.45, 2.75) is 31.8 Å². The normalized spacial score (nSPS) is 21.5. The molecule has 27 heavy (non-hydrogen) atoms. The Hall–Kier alpha value is -2.32. The highest BCUT2D eigenvalue weighted by molar-refractivity contribution is 6.99. The van der Waals surface area contributed by atoms with Crippen molar-refractivity contribution < 1.29 is 4.74 Å². The van der Waals surface area contributed by atoms with Crippen LogP contribution in [0.15, 0.2) is 30.5 Å². The number of fused-ring (bicyclic) bond motifs is 1. The van der Waals surface area contributed by atoms with E-state index in [1.807, 2.05) is 0 Å². The molecule has 1 aromatic carbocycles. The van der Waals surface area contributed by atoms with E-state index in [2.05, 4.69) is 59.7 Å². The Kier molecular flexibility index (Phi) is 4.37. The Balaban J connectivity index is 1.51. The standard InChI is InChI=1S/C19H22N6OS/c1-24(17-7-6-14-4-2-3-5-15(14)17)19-22-21-18(16-10-20-27-23-16)25(19)11-13-8-9-26-12-13/h2-5,10,13,17H,6-9,11-12H2,1H3. The molecule has 2 aliphatic rings. The lowest BCUT2D eigenvalue weighted by atomic mass is 10.1. The number of hydrogen-bond acceptors (Lipinski definition) is 7. The molecule has 140 valence electrons. The summed E-state index contributed by atoms with van der Waals surface area (Å²) in [6, 6.07) is 9.04. The van der Waals surface area contributed by atoms with Gasteiger partial charge in [-0.1, -0.05) is 24.3 Å². The van der Waals surface area contributed by atoms with Crippen molar-refractivity contribution >= 4 is 17.7 Å². The van der Waals surface area contributed by atoms with Crippen molar-refractivity contribution in [2.24, 2.45) is 5.92 Å². The van der Waals surface area contributed by atoms with Gasteiger partial charge >= 0.3 is 0 Å². The number of ether oxygens (including phenoxy) is 1. The Bertz CT molecular complexity index is 918. The zero-order chi connectivity index (χ0) is 18.2. The van der Waals surface area contributed by atoms with Crippen LogP contribution in [0.5, 0.6) is 0 Å². The number of hydrogen-bond donors (Lipinski definition) is 0. The zero-order valence-corrected chi connectivity index (χ0v) is 16.1. The molecule has 1 aliphatic carbocycles. The molecule has 2 aromatic heterocycles. The minimum Gasteiger partial charge on any atom is -0.381 e. The first-order chi connectivity index (χ1) is 13.3. The van der Waals surface area contributed by atoms with E-state index in [0.29, 0.717) is 12.0 Å². The van der Waals surface area contributed by atoms with E-state index in [9.17, 15) is 0 Å². The summed E-state index contributed by atoms with van der Waals surface area (Å²) in [6.45, 7) is 2.47. The molecule has 1 fully saturated rings. The molecule has 3 aromatic rings. The van der Waals surface area contributed by atoms with Gasteiger partial charge in [-0.05, 0) is 30.4 Å². The Morgan fingerprint density at radius 3 is 3.00 bits per heavy atom. The molecule has 1 aliphatic heterocycles. The van der Waals surface area contributed by atoms with Crippen LogP contribution >= 0.6 is 11.7 Å². The second-order valence-electron chi connectivity index (χ2n) is 7.32. The van der Waals surface area contributed by atoms with Crippen LogP contribution in [0.2, 0.25) is 0 Å². The van der Waals surface area contributed by atoms with Crippen LogP contribution in [-0.4, -0.2) is 43.8 Å². The molecule has 0 radical (unpaired) electrons. The average molecular weight is 382 g/mol. The van der Waals surface area contributed by atoms with Crippen molar-refractivity contribution in [3.8, 4) is 11.5 Å². The molecule has 2 atom stereocenters. The van der Waals surface area contributed by atoms with Crippen LogP contribution in [0, 0.1) is 5.92 Å². The molecule has 0 N–H and O–H groups in total. The zero-order valence-electron chi connectivity index (χ0n) is 15.3. The highest BCUT2D eigenvalue weighted by Gasteiger charge is 2.30. The first kappa shape index (κ1) is 16.8. The largest absolute Gasteiger partial charge is 0.381 e. The van der Waals surface area contributed by atoms with Gasteiger partial charge in [0.1, 0.15) is 5.69 Å². The number of nitrogens with zero attached hydrogens (tertiary/aromatic N) is 6. The minimum atomic E-state index is 0.324. The van der Waals surface area contributed by atoms with Gasteiger partial charge in [-0.3, -0.25) is 4.57 Å². The van der Waals surface area contributed by atoms with E-state index in [-0.39, 0.29) is 0 Å². The van der Waals surface area contributed by atoms with Crippen LogP contribution in [0.3, 0.4) is 0 Å². The Morgan fingerprint density at radius 2 is 2.19 bits per heavy atom. The number of benzene rings is 1. The highest BCUT2D eigenvalue weighted by Crippen LogP contribution is 2.37. The van der Waals surface area contributed by atoms with Crippen LogP contribution in [0.1, 0.15) is 30.0 Å². The molecule has 5 rings (SSSR count). The fraction of sp³-hybridized carbons (Fsp3) is 0.474. The van der Waals surface area contributed by atoms with E-state index < -0.39 is 0 Å². The second-order valence-corrected chi connectivity index (χ2v) is 7.88. The van der Waals surface area contributed by atoms with Crippen LogP contribution in [0.4, 0.5) is 5.95 Å². The SMILES string of the molecule is CN(c1nnc(-c2cnsn2)n1CC1CCOC1)C1CCc2ccccc21. The number of rotatable bonds is 5. The fourth-order valence-corrected chi connectivity index (χ4v) is 4.65. The maximum absolute atomic E-state index is 5.59. The summed E-state index contributed by atoms with van der Waals surface area (Å²) in [5.74, 6) is 2.17. The third kappa shape index (κ3) is 3.02. The van der Waals surface area contributed by atoms with Crippen LogP contribution in [0.25, 0.3) is 11.5 Å². The predicted octanol–water partition coefficient (Wildman–Crippen LogP) is 2.96. The third-order valence-corrected chi connectivity index (χ3v) is 6.15. The molecule has 2 unspecified atom stereocenters. The predicted molar refractivity (Wildman–Crippen MR) is 104 cm³/mol. The van der Waals surface area contributed by atoms with Crippen LogP contribution < -0.4 is 4.90 Å². The van der Waals surface area contributed by atoms with Gasteiger partial charge in [-0.2, -0.15) is 8.75 Å². The fourth-order valence-electron chi connectivity index (χ4n) is 4.24. The van der Waals surface area contributed by atoms with Crippen molar-refractivity contribution in [3.05, 3.63) is 41.6 Å². The van der Waals surface area contributed by atoms with E-state index in [4.69, 9.17) is 4.74 Å². The quantitative estimate of drug-likeness (QED) is 0.676. The summed E-state index contributed by atoms with van der Waals surface area (Å²) in [5.41, 5.74) is 3.63. The number of anilines is 1. The lowest BCUT2D eigenvalue weighted by Crippen LogP contribution is -2.27. The molecule has 0 bridgehead atoms. The van der Waals surface area contributed by atoms with E-state index in [1.165, 1.54) is 22.9 Å². The lowest BCUT2D eigenvalue weighted by Gasteiger charge is -2.27. The topological polar surface area (TPSA) is 69.0 Å². The summed E-state index contributed by atoms with van der Waals surface area (Å²) in [6.07, 6.45) is 5.05. The monoisotopic (exact) mass is 382 g/mol. The molecular weight excluding hydrogens is 360 g/mol. The molecule has 1 saturated heterocycles. The van der Waals surface area contributed by atoms with Crippen molar-refractivity contribution in [1.82, 2.24) is 23.5 Å². The summed E-state index contributed by atoms with van der Waals surface area (Å²) in [7, 11) is 2.13. The third-order valence-electron chi connectivity index (χ3n) is 5.67. The maximum Gasteiger partial charge on any atom is 0.227 e. The van der Waals surface area contributed by atoms with Crippen LogP contribution in [-0.2, 0) is 17.7 Å². The van der Waals surface area contributed by atoms with Crippen molar-refractivity contribution in [3.63, 3.8) is 0 Å². The Labute approximate surface area is 162 Å². The second kappa shape index (κ2) is 7.01. The Morgan fingerprint density at radius 1 is 1.26 bits per heavy atom. The summed E-state index contributed by atoms with van der Waals surface area (Å²) >= 11 is 1.20. The molecule has 0 saturated carbocycles. The van der Waals surface area contributed by atoms with Gasteiger partial charge in [0.05, 0.1) is 30.6 Å². The molecule has 0 spiro atoms. The average Bonchev–Trinajstić information content (AvgIpc) is 3.47. The van der Waals surface area contributed by atoms with Gasteiger partial charge in [0.25, 0.3) is 0 Å². The van der Waals surface area contributed by atoms with Gasteiger partial charge in [0, 0.05) is 26.1 Å². The molecule has 3 heterocycles. The first-order valence-corrected chi connectivity index (χ1v) is 10.1. The van der Waals surface area contributed by atoms with E-state index >= 15 is 0 Å². The van der Waals surface area contributed by atoms with Crippen molar-refractivity contribution in [2.75, 3.05) is 25.2 Å².